The molecule has 67 heavy (non-hydrogen) atoms. The molecule has 0 aliphatic carbocycles. The van der Waals surface area contributed by atoms with Crippen LogP contribution in [0.2, 0.25) is 0 Å². The van der Waals surface area contributed by atoms with Gasteiger partial charge in [-0.05, 0) is 6.92 Å². The molecule has 5 heterocycles. The maximum atomic E-state index is 12.9. The zero-order chi connectivity index (χ0) is 49.3. The predicted molar refractivity (Wildman–Crippen MR) is 198 cm³/mol. The van der Waals surface area contributed by atoms with Gasteiger partial charge in [-0.15, -0.1) is 0 Å². The third-order valence-corrected chi connectivity index (χ3v) is 12.0. The maximum absolute atomic E-state index is 12.9. The first-order valence-electron chi connectivity index (χ1n) is 19.8. The largest absolute Gasteiger partial charge is 1.00 e. The minimum Gasteiger partial charge on any atom is -0.394 e. The number of rotatable bonds is 17. The molecule has 5 aliphatic heterocycles. The van der Waals surface area contributed by atoms with E-state index in [0.29, 0.717) is 0 Å². The summed E-state index contributed by atoms with van der Waals surface area (Å²) in [6, 6.07) is -2.02. The number of aliphatic hydroxyl groups is 13. The van der Waals surface area contributed by atoms with E-state index in [1.54, 1.807) is 0 Å². The topological polar surface area (TPSA) is 502 Å². The van der Waals surface area contributed by atoms with Crippen molar-refractivity contribution in [2.24, 2.45) is 0 Å². The summed E-state index contributed by atoms with van der Waals surface area (Å²) in [5.74, 6) is -1.00. The Hall–Kier alpha value is -0.670. The van der Waals surface area contributed by atoms with Crippen LogP contribution in [0.4, 0.5) is 0 Å². The number of carbonyl (C=O) groups is 1. The molecule has 0 unspecified atom stereocenters. The van der Waals surface area contributed by atoms with Crippen LogP contribution in [0.5, 0.6) is 0 Å². The summed E-state index contributed by atoms with van der Waals surface area (Å²) in [5, 5.41) is 140. The molecular weight excluding hydrogens is 981 g/mol. The molecule has 32 nitrogen and oxygen atoms in total. The Kier molecular flexibility index (Phi) is 21.4. The van der Waals surface area contributed by atoms with Crippen LogP contribution in [0, 0.1) is 0 Å². The zero-order valence-electron chi connectivity index (χ0n) is 35.3. The van der Waals surface area contributed by atoms with Crippen molar-refractivity contribution in [2.75, 3.05) is 26.4 Å². The zero-order valence-corrected chi connectivity index (χ0v) is 39.0. The molecule has 0 aromatic heterocycles. The first-order chi connectivity index (χ1) is 30.7. The first-order valence-corrected chi connectivity index (χ1v) is 22.5. The van der Waals surface area contributed by atoms with E-state index in [4.69, 9.17) is 42.6 Å². The van der Waals surface area contributed by atoms with E-state index < -0.39 is 207 Å². The molecule has 35 heteroatoms. The summed E-state index contributed by atoms with van der Waals surface area (Å²) >= 11 is 0. The van der Waals surface area contributed by atoms with Crippen LogP contribution in [-0.2, 0) is 76.6 Å². The third kappa shape index (κ3) is 14.1. The van der Waals surface area contributed by atoms with E-state index in [1.165, 1.54) is 6.92 Å². The van der Waals surface area contributed by atoms with E-state index in [0.717, 1.165) is 6.92 Å². The Morgan fingerprint density at radius 2 is 0.985 bits per heavy atom. The molecule has 0 aromatic carbocycles. The van der Waals surface area contributed by atoms with Crippen molar-refractivity contribution >= 4 is 26.7 Å². The molecule has 5 rings (SSSR count). The molecule has 25 atom stereocenters. The Labute approximate surface area is 401 Å². The summed E-state index contributed by atoms with van der Waals surface area (Å²) in [5.41, 5.74) is 0. The van der Waals surface area contributed by atoms with Crippen molar-refractivity contribution < 1.29 is 178 Å². The van der Waals surface area contributed by atoms with Gasteiger partial charge < -0.3 is 114 Å². The van der Waals surface area contributed by atoms with Gasteiger partial charge in [-0.1, -0.05) is 0 Å². The van der Waals surface area contributed by atoms with Gasteiger partial charge >= 0.3 is 50.4 Å². The first kappa shape index (κ1) is 58.9. The summed E-state index contributed by atoms with van der Waals surface area (Å²) in [4.78, 5) is 12.9. The van der Waals surface area contributed by atoms with Crippen LogP contribution in [0.1, 0.15) is 13.8 Å². The summed E-state index contributed by atoms with van der Waals surface area (Å²) in [6.45, 7) is -2.49. The fraction of sp³-hybridized carbons (Fsp3) is 0.969. The summed E-state index contributed by atoms with van der Waals surface area (Å²) in [7, 11) is -11.0. The Morgan fingerprint density at radius 3 is 1.51 bits per heavy atom. The Balaban J connectivity index is 0.00000980. The fourth-order valence-electron chi connectivity index (χ4n) is 7.75. The molecule has 0 radical (unpaired) electrons. The molecule has 5 saturated heterocycles. The number of hydrogen-bond acceptors (Lipinski definition) is 29. The minimum absolute atomic E-state index is 0. The smallest absolute Gasteiger partial charge is 0.394 e. The van der Waals surface area contributed by atoms with E-state index in [-0.39, 0.29) is 29.6 Å². The quantitative estimate of drug-likeness (QED) is 0.0475. The van der Waals surface area contributed by atoms with Gasteiger partial charge in [-0.3, -0.25) is 13.9 Å². The summed E-state index contributed by atoms with van der Waals surface area (Å²) in [6.07, 6.45) is -49.6. The van der Waals surface area contributed by atoms with Crippen LogP contribution in [0.3, 0.4) is 0 Å². The van der Waals surface area contributed by atoms with Crippen molar-refractivity contribution in [3.05, 3.63) is 0 Å². The van der Waals surface area contributed by atoms with Crippen molar-refractivity contribution in [3.63, 3.8) is 0 Å². The molecule has 386 valence electrons. The molecule has 16 N–H and O–H groups in total. The van der Waals surface area contributed by atoms with Crippen LogP contribution in [0.25, 0.3) is 0 Å². The van der Waals surface area contributed by atoms with E-state index in [9.17, 15) is 97.1 Å². The van der Waals surface area contributed by atoms with Crippen LogP contribution in [0.15, 0.2) is 0 Å². The van der Waals surface area contributed by atoms with Crippen molar-refractivity contribution in [3.8, 4) is 0 Å². The number of aliphatic hydroxyl groups excluding tert-OH is 13. The number of amides is 1. The average Bonchev–Trinajstić information content (AvgIpc) is 3.23. The number of ether oxygens (including phenoxy) is 9. The molecule has 5 aliphatic rings. The van der Waals surface area contributed by atoms with E-state index in [1.807, 2.05) is 0 Å². The second kappa shape index (κ2) is 24.4. The van der Waals surface area contributed by atoms with Gasteiger partial charge in [0.1, 0.15) is 116 Å². The second-order valence-corrected chi connectivity index (χ2v) is 17.8. The monoisotopic (exact) mass is 1040 g/mol. The van der Waals surface area contributed by atoms with Crippen LogP contribution in [-0.4, -0.2) is 278 Å². The van der Waals surface area contributed by atoms with Gasteiger partial charge in [-0.2, -0.15) is 16.8 Å². The predicted octanol–water partition coefficient (Wildman–Crippen LogP) is -14.1. The fourth-order valence-corrected chi connectivity index (χ4v) is 8.56. The van der Waals surface area contributed by atoms with Crippen molar-refractivity contribution in [1.82, 2.24) is 5.32 Å². The van der Waals surface area contributed by atoms with Gasteiger partial charge in [0.15, 0.2) is 31.5 Å². The van der Waals surface area contributed by atoms with Gasteiger partial charge in [0.2, 0.25) is 5.91 Å². The van der Waals surface area contributed by atoms with Crippen molar-refractivity contribution in [2.45, 2.75) is 167 Å². The Morgan fingerprint density at radius 1 is 0.507 bits per heavy atom. The van der Waals surface area contributed by atoms with E-state index >= 15 is 0 Å². The maximum Gasteiger partial charge on any atom is 1.00 e. The standard InChI is InChI=1S/C32H55NO31S2.Na/c1-7-14(38)17(41)20(44)30(55-7)62-25-13(33-8(2)37)29(63-26-15(39)9(3-34)57-31(21(26)45)60-23-11(5-36)56-28(47)19(43)18(23)42)59-12(6-54-65(48,49)50)24(25)61-32-22(46)27(64-66(51,52)53)16(40)10(4-35)58-32;/h7,9-32,34-36,38-47H,3-6H2,1-2H3,(H,33,37)(H,48,49,50)(H,51,52,53);/q;+1/t7-,9+,10+,11+,12+,13+,14+,15-,16-,17+,18+,19+,20-,21+,22+,23+,24+,25+,26-,27-,28+,29-,30-,31-,32-;/m0./s1. The number of hydrogen-bond donors (Lipinski definition) is 16. The molecule has 0 aromatic rings. The minimum atomic E-state index is -5.50. The molecule has 0 saturated carbocycles. The van der Waals surface area contributed by atoms with Crippen LogP contribution < -0.4 is 34.9 Å². The molecule has 1 amide bonds. The molecular formula is C32H55NNaO31S2+. The van der Waals surface area contributed by atoms with Crippen LogP contribution >= 0.6 is 0 Å². The SMILES string of the molecule is CC(=O)N[C@H]1[C@H](O[C@H]2[C@@H](O)[C@@H](CO)O[C@@H](O[C@H]3[C@H](O)[C@@H](O)[C@H](O)O[C@@H]3CO)[C@@H]2O)O[C@H](COS(=O)(=O)O)[C@@H](O[C@@H]2O[C@H](CO)[C@H](O)[C@H](OS(=O)(=O)O)[C@H]2O)[C@@H]1O[C@@H]1O[C@@H](C)[C@@H](O)[C@@H](O)[C@@H]1O.[Na+]. The Bertz CT molecular complexity index is 1810. The number of carbonyl (C=O) groups excluding carboxylic acids is 1. The van der Waals surface area contributed by atoms with Gasteiger partial charge in [0.05, 0.1) is 32.5 Å². The summed E-state index contributed by atoms with van der Waals surface area (Å²) < 4.78 is 126. The van der Waals surface area contributed by atoms with Crippen molar-refractivity contribution in [1.29, 1.82) is 0 Å². The number of nitrogens with one attached hydrogen (secondary N) is 1. The average molecular weight is 1040 g/mol. The normalized spacial score (nSPS) is 46.6. The van der Waals surface area contributed by atoms with E-state index in [2.05, 4.69) is 13.7 Å². The molecule has 0 spiro atoms. The third-order valence-electron chi connectivity index (χ3n) is 11.1. The molecule has 5 fully saturated rings. The molecule has 0 bridgehead atoms. The van der Waals surface area contributed by atoms with Gasteiger partial charge in [-0.25, -0.2) is 8.37 Å². The van der Waals surface area contributed by atoms with Gasteiger partial charge in [0, 0.05) is 6.92 Å². The second-order valence-electron chi connectivity index (χ2n) is 15.7. The van der Waals surface area contributed by atoms with Gasteiger partial charge in [0.25, 0.3) is 0 Å².